The van der Waals surface area contributed by atoms with Crippen LogP contribution in [0.2, 0.25) is 5.02 Å². The van der Waals surface area contributed by atoms with Gasteiger partial charge in [0.15, 0.2) is 0 Å². The van der Waals surface area contributed by atoms with Crippen LogP contribution in [0, 0.1) is 5.92 Å². The molecule has 3 N–H and O–H groups in total. The van der Waals surface area contributed by atoms with Crippen molar-refractivity contribution in [2.75, 3.05) is 19.6 Å². The fraction of sp³-hybridized carbons (Fsp3) is 0.682. The first kappa shape index (κ1) is 20.6. The van der Waals surface area contributed by atoms with Crippen LogP contribution in [0.4, 0.5) is 0 Å². The standard InChI is InChI=1S/C22H34ClN3O/c23-21-9-8-18(16-25-19-10-12-24-13-11-19)14-20(21)22(27)26-15-17-6-4-2-1-3-5-7-17/h8-9,14,17,19,24-25H,1-7,10-13,15-16H2,(H,26,27). The molecule has 1 saturated heterocycles. The molecule has 1 saturated carbocycles. The van der Waals surface area contributed by atoms with Crippen molar-refractivity contribution in [3.63, 3.8) is 0 Å². The summed E-state index contributed by atoms with van der Waals surface area (Å²) in [6, 6.07) is 6.37. The molecule has 0 spiro atoms. The van der Waals surface area contributed by atoms with E-state index in [-0.39, 0.29) is 5.91 Å². The monoisotopic (exact) mass is 391 g/mol. The Morgan fingerprint density at radius 2 is 1.74 bits per heavy atom. The lowest BCUT2D eigenvalue weighted by Gasteiger charge is -2.24. The fourth-order valence-corrected chi connectivity index (χ4v) is 4.43. The van der Waals surface area contributed by atoms with Crippen LogP contribution in [-0.2, 0) is 6.54 Å². The van der Waals surface area contributed by atoms with Crippen molar-refractivity contribution in [2.24, 2.45) is 5.92 Å². The molecule has 5 heteroatoms. The Morgan fingerprint density at radius 3 is 2.48 bits per heavy atom. The van der Waals surface area contributed by atoms with E-state index < -0.39 is 0 Å². The van der Waals surface area contributed by atoms with Crippen LogP contribution in [0.15, 0.2) is 18.2 Å². The quantitative estimate of drug-likeness (QED) is 0.678. The van der Waals surface area contributed by atoms with Gasteiger partial charge in [0.05, 0.1) is 10.6 Å². The molecule has 0 unspecified atom stereocenters. The Balaban J connectivity index is 1.51. The number of benzene rings is 1. The molecular weight excluding hydrogens is 358 g/mol. The molecule has 0 atom stereocenters. The molecule has 1 aromatic rings. The zero-order valence-corrected chi connectivity index (χ0v) is 17.1. The molecule has 1 aromatic carbocycles. The van der Waals surface area contributed by atoms with Gasteiger partial charge in [-0.15, -0.1) is 0 Å². The van der Waals surface area contributed by atoms with Gasteiger partial charge in [-0.1, -0.05) is 49.8 Å². The summed E-state index contributed by atoms with van der Waals surface area (Å²) in [4.78, 5) is 12.7. The molecule has 27 heavy (non-hydrogen) atoms. The van der Waals surface area contributed by atoms with Gasteiger partial charge in [0, 0.05) is 19.1 Å². The van der Waals surface area contributed by atoms with Gasteiger partial charge in [-0.25, -0.2) is 0 Å². The van der Waals surface area contributed by atoms with Gasteiger partial charge >= 0.3 is 0 Å². The van der Waals surface area contributed by atoms with Crippen LogP contribution in [0.3, 0.4) is 0 Å². The van der Waals surface area contributed by atoms with Crippen LogP contribution in [0.1, 0.15) is 73.7 Å². The highest BCUT2D eigenvalue weighted by molar-refractivity contribution is 6.33. The van der Waals surface area contributed by atoms with Gasteiger partial charge in [0.25, 0.3) is 5.91 Å². The van der Waals surface area contributed by atoms with E-state index in [4.69, 9.17) is 11.6 Å². The predicted molar refractivity (Wildman–Crippen MR) is 112 cm³/mol. The average Bonchev–Trinajstić information content (AvgIpc) is 2.67. The Morgan fingerprint density at radius 1 is 1.04 bits per heavy atom. The maximum atomic E-state index is 12.7. The van der Waals surface area contributed by atoms with E-state index in [9.17, 15) is 4.79 Å². The summed E-state index contributed by atoms with van der Waals surface area (Å²) in [5.41, 5.74) is 1.72. The summed E-state index contributed by atoms with van der Waals surface area (Å²) in [7, 11) is 0. The molecule has 150 valence electrons. The number of hydrogen-bond donors (Lipinski definition) is 3. The minimum atomic E-state index is -0.0363. The lowest BCUT2D eigenvalue weighted by atomic mass is 9.91. The lowest BCUT2D eigenvalue weighted by Crippen LogP contribution is -2.39. The van der Waals surface area contributed by atoms with Gasteiger partial charge < -0.3 is 16.0 Å². The van der Waals surface area contributed by atoms with Gasteiger partial charge in [-0.05, 0) is 62.4 Å². The van der Waals surface area contributed by atoms with Crippen LogP contribution in [-0.4, -0.2) is 31.6 Å². The van der Waals surface area contributed by atoms with Crippen LogP contribution < -0.4 is 16.0 Å². The fourth-order valence-electron chi connectivity index (χ4n) is 4.22. The zero-order valence-electron chi connectivity index (χ0n) is 16.4. The first-order valence-corrected chi connectivity index (χ1v) is 11.1. The summed E-state index contributed by atoms with van der Waals surface area (Å²) in [5, 5.41) is 10.7. The number of hydrogen-bond acceptors (Lipinski definition) is 3. The van der Waals surface area contributed by atoms with E-state index >= 15 is 0 Å². The van der Waals surface area contributed by atoms with Crippen molar-refractivity contribution in [3.8, 4) is 0 Å². The van der Waals surface area contributed by atoms with E-state index in [1.807, 2.05) is 18.2 Å². The molecule has 1 heterocycles. The Kier molecular flexibility index (Phi) is 8.43. The predicted octanol–water partition coefficient (Wildman–Crippen LogP) is 4.27. The van der Waals surface area contributed by atoms with Crippen molar-refractivity contribution in [1.29, 1.82) is 0 Å². The van der Waals surface area contributed by atoms with E-state index in [0.717, 1.165) is 44.6 Å². The molecule has 2 aliphatic rings. The highest BCUT2D eigenvalue weighted by Gasteiger charge is 2.16. The number of carbonyl (C=O) groups excluding carboxylic acids is 1. The van der Waals surface area contributed by atoms with Gasteiger partial charge in [0.1, 0.15) is 0 Å². The van der Waals surface area contributed by atoms with E-state index in [1.165, 1.54) is 44.9 Å². The molecular formula is C22H34ClN3O. The van der Waals surface area contributed by atoms with Gasteiger partial charge in [0.2, 0.25) is 0 Å². The van der Waals surface area contributed by atoms with E-state index in [0.29, 0.717) is 22.5 Å². The summed E-state index contributed by atoms with van der Waals surface area (Å²) < 4.78 is 0. The Labute approximate surface area is 168 Å². The van der Waals surface area contributed by atoms with E-state index in [1.54, 1.807) is 0 Å². The topological polar surface area (TPSA) is 53.2 Å². The van der Waals surface area contributed by atoms with Gasteiger partial charge in [-0.2, -0.15) is 0 Å². The molecule has 1 aliphatic heterocycles. The van der Waals surface area contributed by atoms with Crippen LogP contribution in [0.25, 0.3) is 0 Å². The zero-order chi connectivity index (χ0) is 18.9. The normalized spacial score (nSPS) is 20.0. The number of rotatable bonds is 6. The highest BCUT2D eigenvalue weighted by atomic mass is 35.5. The lowest BCUT2D eigenvalue weighted by molar-refractivity contribution is 0.0944. The molecule has 1 amide bonds. The highest BCUT2D eigenvalue weighted by Crippen LogP contribution is 2.22. The van der Waals surface area contributed by atoms with Crippen LogP contribution >= 0.6 is 11.6 Å². The molecule has 0 bridgehead atoms. The average molecular weight is 392 g/mol. The molecule has 0 radical (unpaired) electrons. The second kappa shape index (κ2) is 11.0. The third-order valence-electron chi connectivity index (χ3n) is 5.99. The van der Waals surface area contributed by atoms with Crippen molar-refractivity contribution >= 4 is 17.5 Å². The number of carbonyl (C=O) groups is 1. The first-order chi connectivity index (χ1) is 13.2. The van der Waals surface area contributed by atoms with Gasteiger partial charge in [-0.3, -0.25) is 4.79 Å². The summed E-state index contributed by atoms with van der Waals surface area (Å²) in [6.07, 6.45) is 11.4. The minimum Gasteiger partial charge on any atom is -0.352 e. The SMILES string of the molecule is O=C(NCC1CCCCCCC1)c1cc(CNC2CCNCC2)ccc1Cl. The van der Waals surface area contributed by atoms with E-state index in [2.05, 4.69) is 16.0 Å². The summed E-state index contributed by atoms with van der Waals surface area (Å²) in [5.74, 6) is 0.573. The summed E-state index contributed by atoms with van der Waals surface area (Å²) in [6.45, 7) is 3.71. The van der Waals surface area contributed by atoms with Crippen molar-refractivity contribution < 1.29 is 4.79 Å². The first-order valence-electron chi connectivity index (χ1n) is 10.7. The Hall–Kier alpha value is -1.10. The number of piperidine rings is 1. The summed E-state index contributed by atoms with van der Waals surface area (Å²) >= 11 is 6.32. The van der Waals surface area contributed by atoms with Crippen molar-refractivity contribution in [1.82, 2.24) is 16.0 Å². The minimum absolute atomic E-state index is 0.0363. The molecule has 3 rings (SSSR count). The molecule has 2 fully saturated rings. The largest absolute Gasteiger partial charge is 0.352 e. The number of halogens is 1. The third-order valence-corrected chi connectivity index (χ3v) is 6.32. The smallest absolute Gasteiger partial charge is 0.252 e. The van der Waals surface area contributed by atoms with Crippen LogP contribution in [0.5, 0.6) is 0 Å². The molecule has 1 aliphatic carbocycles. The second-order valence-corrected chi connectivity index (χ2v) is 8.55. The Bertz CT molecular complexity index is 593. The maximum Gasteiger partial charge on any atom is 0.252 e. The number of amides is 1. The van der Waals surface area contributed by atoms with Crippen molar-refractivity contribution in [3.05, 3.63) is 34.3 Å². The molecule has 0 aromatic heterocycles. The maximum absolute atomic E-state index is 12.7. The number of nitrogens with one attached hydrogen (secondary N) is 3. The second-order valence-electron chi connectivity index (χ2n) is 8.14. The molecule has 4 nitrogen and oxygen atoms in total. The third kappa shape index (κ3) is 6.78. The van der Waals surface area contributed by atoms with Crippen molar-refractivity contribution in [2.45, 2.75) is 70.4 Å².